The van der Waals surface area contributed by atoms with E-state index >= 15 is 0 Å². The van der Waals surface area contributed by atoms with Gasteiger partial charge in [0.05, 0.1) is 0 Å². The van der Waals surface area contributed by atoms with Crippen LogP contribution in [0.4, 0.5) is 0 Å². The van der Waals surface area contributed by atoms with Gasteiger partial charge in [-0.3, -0.25) is 0 Å². The number of hydrogen-bond donors (Lipinski definition) is 1. The van der Waals surface area contributed by atoms with Gasteiger partial charge in [-0.2, -0.15) is 0 Å². The highest BCUT2D eigenvalue weighted by Gasteiger charge is 2.26. The first-order chi connectivity index (χ1) is 6.27. The van der Waals surface area contributed by atoms with Gasteiger partial charge in [-0.15, -0.1) is 0 Å². The topological polar surface area (TPSA) is 59.4 Å². The molecule has 1 aliphatic carbocycles. The van der Waals surface area contributed by atoms with Gasteiger partial charge in [0.1, 0.15) is 11.7 Å². The number of carbonyl (C=O) groups is 1. The summed E-state index contributed by atoms with van der Waals surface area (Å²) in [6.07, 6.45) is 3.70. The molecule has 0 spiro atoms. The first-order valence-corrected chi connectivity index (χ1v) is 4.12. The maximum absolute atomic E-state index is 10.7. The molecule has 0 aromatic carbocycles. The SMILES string of the molecule is O=C(O)c1cccnc1OC1CC1. The summed E-state index contributed by atoms with van der Waals surface area (Å²) in [4.78, 5) is 14.6. The molecule has 1 heterocycles. The molecule has 1 saturated carbocycles. The predicted octanol–water partition coefficient (Wildman–Crippen LogP) is 1.32. The Kier molecular flexibility index (Phi) is 1.88. The van der Waals surface area contributed by atoms with Crippen molar-refractivity contribution in [2.24, 2.45) is 0 Å². The molecule has 1 N–H and O–H groups in total. The van der Waals surface area contributed by atoms with Crippen LogP contribution in [0.15, 0.2) is 18.3 Å². The maximum atomic E-state index is 10.7. The molecule has 0 radical (unpaired) electrons. The molecule has 0 atom stereocenters. The molecule has 0 amide bonds. The number of carboxylic acids is 1. The largest absolute Gasteiger partial charge is 0.477 e. The summed E-state index contributed by atoms with van der Waals surface area (Å²) >= 11 is 0. The van der Waals surface area contributed by atoms with Crippen LogP contribution in [0.3, 0.4) is 0 Å². The van der Waals surface area contributed by atoms with Crippen molar-refractivity contribution < 1.29 is 14.6 Å². The monoisotopic (exact) mass is 179 g/mol. The fourth-order valence-corrected chi connectivity index (χ4v) is 0.991. The summed E-state index contributed by atoms with van der Waals surface area (Å²) in [5.41, 5.74) is 0.134. The van der Waals surface area contributed by atoms with Crippen molar-refractivity contribution in [2.75, 3.05) is 0 Å². The lowest BCUT2D eigenvalue weighted by molar-refractivity contribution is 0.0691. The Morgan fingerprint density at radius 3 is 3.00 bits per heavy atom. The van der Waals surface area contributed by atoms with E-state index in [1.54, 1.807) is 6.07 Å². The van der Waals surface area contributed by atoms with Crippen LogP contribution >= 0.6 is 0 Å². The van der Waals surface area contributed by atoms with E-state index in [1.807, 2.05) is 0 Å². The summed E-state index contributed by atoms with van der Waals surface area (Å²) in [6, 6.07) is 3.08. The number of aromatic nitrogens is 1. The van der Waals surface area contributed by atoms with Crippen molar-refractivity contribution in [2.45, 2.75) is 18.9 Å². The number of ether oxygens (including phenoxy) is 1. The van der Waals surface area contributed by atoms with Gasteiger partial charge in [0.15, 0.2) is 0 Å². The van der Waals surface area contributed by atoms with Gasteiger partial charge in [0.25, 0.3) is 0 Å². The van der Waals surface area contributed by atoms with Crippen LogP contribution in [0.25, 0.3) is 0 Å². The van der Waals surface area contributed by atoms with E-state index in [0.717, 1.165) is 12.8 Å². The zero-order chi connectivity index (χ0) is 9.26. The fourth-order valence-electron chi connectivity index (χ4n) is 0.991. The average Bonchev–Trinajstić information content (AvgIpc) is 2.89. The van der Waals surface area contributed by atoms with Gasteiger partial charge in [-0.25, -0.2) is 9.78 Å². The Morgan fingerprint density at radius 2 is 2.38 bits per heavy atom. The van der Waals surface area contributed by atoms with Crippen LogP contribution in [0, 0.1) is 0 Å². The van der Waals surface area contributed by atoms with Crippen LogP contribution in [-0.4, -0.2) is 22.2 Å². The summed E-state index contributed by atoms with van der Waals surface area (Å²) < 4.78 is 5.33. The van der Waals surface area contributed by atoms with E-state index in [1.165, 1.54) is 12.3 Å². The highest BCUT2D eigenvalue weighted by molar-refractivity contribution is 5.90. The molecule has 1 aliphatic rings. The van der Waals surface area contributed by atoms with Gasteiger partial charge >= 0.3 is 5.97 Å². The van der Waals surface area contributed by atoms with E-state index in [0.29, 0.717) is 0 Å². The standard InChI is InChI=1S/C9H9NO3/c11-9(12)7-2-1-5-10-8(7)13-6-3-4-6/h1-2,5-6H,3-4H2,(H,11,12). The summed E-state index contributed by atoms with van der Waals surface area (Å²) in [7, 11) is 0. The minimum Gasteiger partial charge on any atom is -0.477 e. The zero-order valence-corrected chi connectivity index (χ0v) is 6.93. The van der Waals surface area contributed by atoms with E-state index < -0.39 is 5.97 Å². The molecule has 1 aromatic heterocycles. The number of hydrogen-bond acceptors (Lipinski definition) is 3. The summed E-state index contributed by atoms with van der Waals surface area (Å²) in [6.45, 7) is 0. The van der Waals surface area contributed by atoms with Gasteiger partial charge in [-0.1, -0.05) is 0 Å². The molecule has 4 heteroatoms. The lowest BCUT2D eigenvalue weighted by Gasteiger charge is -2.04. The Labute approximate surface area is 75.2 Å². The Bertz CT molecular complexity index is 333. The maximum Gasteiger partial charge on any atom is 0.341 e. The Hall–Kier alpha value is -1.58. The Morgan fingerprint density at radius 1 is 1.62 bits per heavy atom. The molecule has 0 saturated heterocycles. The van der Waals surface area contributed by atoms with Crippen LogP contribution in [-0.2, 0) is 0 Å². The molecule has 2 rings (SSSR count). The van der Waals surface area contributed by atoms with Crippen molar-refractivity contribution in [3.05, 3.63) is 23.9 Å². The molecule has 1 aromatic rings. The third-order valence-corrected chi connectivity index (χ3v) is 1.80. The van der Waals surface area contributed by atoms with Crippen molar-refractivity contribution >= 4 is 5.97 Å². The van der Waals surface area contributed by atoms with Crippen molar-refractivity contribution in [3.8, 4) is 5.88 Å². The smallest absolute Gasteiger partial charge is 0.341 e. The summed E-state index contributed by atoms with van der Waals surface area (Å²) in [5, 5.41) is 8.78. The molecule has 4 nitrogen and oxygen atoms in total. The Balaban J connectivity index is 2.25. The first kappa shape index (κ1) is 8.04. The number of nitrogens with zero attached hydrogens (tertiary/aromatic N) is 1. The molecule has 68 valence electrons. The van der Waals surface area contributed by atoms with Crippen LogP contribution in [0.2, 0.25) is 0 Å². The number of rotatable bonds is 3. The van der Waals surface area contributed by atoms with E-state index in [-0.39, 0.29) is 17.5 Å². The van der Waals surface area contributed by atoms with Crippen LogP contribution in [0.1, 0.15) is 23.2 Å². The molecule has 1 fully saturated rings. The van der Waals surface area contributed by atoms with Gasteiger partial charge in [-0.05, 0) is 25.0 Å². The average molecular weight is 179 g/mol. The van der Waals surface area contributed by atoms with E-state index in [4.69, 9.17) is 9.84 Å². The highest BCUT2D eigenvalue weighted by Crippen LogP contribution is 2.27. The number of aromatic carboxylic acids is 1. The van der Waals surface area contributed by atoms with E-state index in [9.17, 15) is 4.79 Å². The molecular formula is C9H9NO3. The minimum atomic E-state index is -0.997. The fraction of sp³-hybridized carbons (Fsp3) is 0.333. The number of pyridine rings is 1. The second kappa shape index (κ2) is 3.05. The first-order valence-electron chi connectivity index (χ1n) is 4.12. The van der Waals surface area contributed by atoms with Crippen molar-refractivity contribution in [1.82, 2.24) is 4.98 Å². The third kappa shape index (κ3) is 1.77. The van der Waals surface area contributed by atoms with Crippen LogP contribution < -0.4 is 4.74 Å². The second-order valence-electron chi connectivity index (χ2n) is 2.98. The molecule has 13 heavy (non-hydrogen) atoms. The second-order valence-corrected chi connectivity index (χ2v) is 2.98. The molecule has 0 bridgehead atoms. The quantitative estimate of drug-likeness (QED) is 0.760. The number of carboxylic acid groups (broad SMARTS) is 1. The minimum absolute atomic E-state index is 0.134. The normalized spacial score (nSPS) is 15.4. The predicted molar refractivity (Wildman–Crippen MR) is 44.8 cm³/mol. The lowest BCUT2D eigenvalue weighted by atomic mass is 10.3. The zero-order valence-electron chi connectivity index (χ0n) is 6.93. The van der Waals surface area contributed by atoms with E-state index in [2.05, 4.69) is 4.98 Å². The van der Waals surface area contributed by atoms with Crippen molar-refractivity contribution in [1.29, 1.82) is 0 Å². The summed E-state index contributed by atoms with van der Waals surface area (Å²) in [5.74, 6) is -0.763. The molecule has 0 aliphatic heterocycles. The molecular weight excluding hydrogens is 170 g/mol. The van der Waals surface area contributed by atoms with Gasteiger partial charge in [0, 0.05) is 6.20 Å². The van der Waals surface area contributed by atoms with Gasteiger partial charge < -0.3 is 9.84 Å². The van der Waals surface area contributed by atoms with Crippen LogP contribution in [0.5, 0.6) is 5.88 Å². The molecule has 0 unspecified atom stereocenters. The van der Waals surface area contributed by atoms with Crippen molar-refractivity contribution in [3.63, 3.8) is 0 Å². The van der Waals surface area contributed by atoms with Gasteiger partial charge in [0.2, 0.25) is 5.88 Å². The third-order valence-electron chi connectivity index (χ3n) is 1.80. The lowest BCUT2D eigenvalue weighted by Crippen LogP contribution is -2.05. The highest BCUT2D eigenvalue weighted by atomic mass is 16.5.